The van der Waals surface area contributed by atoms with E-state index in [9.17, 15) is 4.79 Å². The summed E-state index contributed by atoms with van der Waals surface area (Å²) in [7, 11) is 0. The summed E-state index contributed by atoms with van der Waals surface area (Å²) in [5.74, 6) is -0.189. The quantitative estimate of drug-likeness (QED) is 0.504. The molecule has 1 heterocycles. The summed E-state index contributed by atoms with van der Waals surface area (Å²) < 4.78 is 1.99. The van der Waals surface area contributed by atoms with Crippen molar-refractivity contribution in [2.45, 2.75) is 4.90 Å². The summed E-state index contributed by atoms with van der Waals surface area (Å²) in [6, 6.07) is 13.3. The normalized spacial score (nSPS) is 10.6. The van der Waals surface area contributed by atoms with Crippen LogP contribution in [0.3, 0.4) is 0 Å². The van der Waals surface area contributed by atoms with Crippen molar-refractivity contribution in [1.82, 2.24) is 10.4 Å². The number of thioether (sulfide) groups is 1. The first-order valence-corrected chi connectivity index (χ1v) is 9.26. The highest BCUT2D eigenvalue weighted by Crippen LogP contribution is 2.30. The molecule has 0 atom stereocenters. The topological polar surface area (TPSA) is 54.0 Å². The van der Waals surface area contributed by atoms with Crippen LogP contribution in [0, 0.1) is 0 Å². The van der Waals surface area contributed by atoms with E-state index in [0.29, 0.717) is 10.7 Å². The van der Waals surface area contributed by atoms with Crippen molar-refractivity contribution in [2.24, 2.45) is 0 Å². The Balaban J connectivity index is 1.70. The van der Waals surface area contributed by atoms with Crippen LogP contribution >= 0.6 is 39.0 Å². The number of thiazole rings is 1. The molecule has 4 nitrogen and oxygen atoms in total. The molecule has 0 bridgehead atoms. The molecule has 3 rings (SSSR count). The Kier molecular flexibility index (Phi) is 4.66. The average Bonchev–Trinajstić information content (AvgIpc) is 2.97. The SMILES string of the molecule is CSc1ccc(C(=O)NNc2nc3c(Br)cccc3s2)cc1. The fraction of sp³-hybridized carbons (Fsp3) is 0.0667. The van der Waals surface area contributed by atoms with Gasteiger partial charge in [-0.15, -0.1) is 11.8 Å². The van der Waals surface area contributed by atoms with E-state index in [-0.39, 0.29) is 5.91 Å². The lowest BCUT2D eigenvalue weighted by atomic mass is 10.2. The molecule has 0 spiro atoms. The molecule has 0 fully saturated rings. The van der Waals surface area contributed by atoms with Crippen molar-refractivity contribution in [3.8, 4) is 0 Å². The zero-order valence-corrected chi connectivity index (χ0v) is 14.8. The molecule has 0 radical (unpaired) electrons. The van der Waals surface area contributed by atoms with Gasteiger partial charge in [0.15, 0.2) is 0 Å². The van der Waals surface area contributed by atoms with Crippen molar-refractivity contribution in [3.05, 3.63) is 52.5 Å². The Morgan fingerprint density at radius 3 is 2.68 bits per heavy atom. The smallest absolute Gasteiger partial charge is 0.269 e. The molecule has 2 aromatic carbocycles. The number of aromatic nitrogens is 1. The van der Waals surface area contributed by atoms with Gasteiger partial charge < -0.3 is 0 Å². The second-order valence-electron chi connectivity index (χ2n) is 4.41. The van der Waals surface area contributed by atoms with Gasteiger partial charge >= 0.3 is 0 Å². The maximum atomic E-state index is 12.1. The van der Waals surface area contributed by atoms with Crippen molar-refractivity contribution in [3.63, 3.8) is 0 Å². The van der Waals surface area contributed by atoms with Gasteiger partial charge in [0.25, 0.3) is 5.91 Å². The lowest BCUT2D eigenvalue weighted by Gasteiger charge is -2.05. The molecule has 3 aromatic rings. The molecule has 0 saturated carbocycles. The summed E-state index contributed by atoms with van der Waals surface area (Å²) >= 11 is 6.59. The summed E-state index contributed by atoms with van der Waals surface area (Å²) in [5, 5.41) is 0.649. The highest BCUT2D eigenvalue weighted by atomic mass is 79.9. The number of fused-ring (bicyclic) bond motifs is 1. The molecule has 0 unspecified atom stereocenters. The number of carbonyl (C=O) groups is 1. The van der Waals surface area contributed by atoms with Crippen molar-refractivity contribution < 1.29 is 4.79 Å². The van der Waals surface area contributed by atoms with Gasteiger partial charge in [0.1, 0.15) is 0 Å². The van der Waals surface area contributed by atoms with Gasteiger partial charge in [-0.05, 0) is 58.6 Å². The molecular weight excluding hydrogens is 382 g/mol. The van der Waals surface area contributed by atoms with Gasteiger partial charge in [-0.25, -0.2) is 4.98 Å². The van der Waals surface area contributed by atoms with Crippen LogP contribution in [0.25, 0.3) is 10.2 Å². The number of hydrogen-bond donors (Lipinski definition) is 2. The Morgan fingerprint density at radius 1 is 1.23 bits per heavy atom. The monoisotopic (exact) mass is 393 g/mol. The molecule has 0 aliphatic rings. The second kappa shape index (κ2) is 6.68. The minimum atomic E-state index is -0.189. The molecule has 22 heavy (non-hydrogen) atoms. The maximum absolute atomic E-state index is 12.1. The van der Waals surface area contributed by atoms with Gasteiger partial charge in [-0.3, -0.25) is 15.6 Å². The summed E-state index contributed by atoms with van der Waals surface area (Å²) in [6.07, 6.45) is 2.00. The van der Waals surface area contributed by atoms with Crippen LogP contribution in [-0.4, -0.2) is 17.1 Å². The Hall–Kier alpha value is -1.57. The molecule has 0 saturated heterocycles. The summed E-state index contributed by atoms with van der Waals surface area (Å²) in [6.45, 7) is 0. The number of hydrogen-bond acceptors (Lipinski definition) is 5. The van der Waals surface area contributed by atoms with E-state index in [1.165, 1.54) is 11.3 Å². The lowest BCUT2D eigenvalue weighted by Crippen LogP contribution is -2.29. The van der Waals surface area contributed by atoms with Gasteiger partial charge in [0, 0.05) is 14.9 Å². The first-order valence-electron chi connectivity index (χ1n) is 6.43. The van der Waals surface area contributed by atoms with Crippen molar-refractivity contribution in [1.29, 1.82) is 0 Å². The Labute approximate surface area is 144 Å². The van der Waals surface area contributed by atoms with Crippen LogP contribution in [0.5, 0.6) is 0 Å². The number of hydrazine groups is 1. The van der Waals surface area contributed by atoms with E-state index in [4.69, 9.17) is 0 Å². The number of nitrogens with one attached hydrogen (secondary N) is 2. The van der Waals surface area contributed by atoms with Crippen LogP contribution in [0.4, 0.5) is 5.13 Å². The van der Waals surface area contributed by atoms with E-state index < -0.39 is 0 Å². The summed E-state index contributed by atoms with van der Waals surface area (Å²) in [4.78, 5) is 17.7. The van der Waals surface area contributed by atoms with Crippen LogP contribution in [-0.2, 0) is 0 Å². The zero-order chi connectivity index (χ0) is 15.5. The third-order valence-corrected chi connectivity index (χ3v) is 5.32. The third-order valence-electron chi connectivity index (χ3n) is 3.00. The molecule has 7 heteroatoms. The number of anilines is 1. The Bertz CT molecular complexity index is 817. The highest BCUT2D eigenvalue weighted by molar-refractivity contribution is 9.10. The molecule has 1 aromatic heterocycles. The number of amides is 1. The average molecular weight is 394 g/mol. The van der Waals surface area contributed by atoms with Crippen LogP contribution < -0.4 is 10.9 Å². The fourth-order valence-electron chi connectivity index (χ4n) is 1.89. The number of benzene rings is 2. The van der Waals surface area contributed by atoms with Crippen LogP contribution in [0.2, 0.25) is 0 Å². The molecule has 0 aliphatic heterocycles. The zero-order valence-electron chi connectivity index (χ0n) is 11.6. The molecule has 0 aliphatic carbocycles. The largest absolute Gasteiger partial charge is 0.273 e. The first-order chi connectivity index (χ1) is 10.7. The second-order valence-corrected chi connectivity index (χ2v) is 7.18. The maximum Gasteiger partial charge on any atom is 0.269 e. The predicted octanol–water partition coefficient (Wildman–Crippen LogP) is 4.54. The van der Waals surface area contributed by atoms with E-state index in [1.807, 2.05) is 36.6 Å². The number of rotatable bonds is 4. The van der Waals surface area contributed by atoms with Gasteiger partial charge in [-0.1, -0.05) is 17.4 Å². The number of para-hydroxylation sites is 1. The van der Waals surface area contributed by atoms with Gasteiger partial charge in [0.2, 0.25) is 5.13 Å². The Morgan fingerprint density at radius 2 is 2.00 bits per heavy atom. The van der Waals surface area contributed by atoms with E-state index in [1.54, 1.807) is 23.9 Å². The summed E-state index contributed by atoms with van der Waals surface area (Å²) in [5.41, 5.74) is 7.03. The number of halogens is 1. The van der Waals surface area contributed by atoms with Crippen molar-refractivity contribution in [2.75, 3.05) is 11.7 Å². The van der Waals surface area contributed by atoms with Gasteiger partial charge in [0.05, 0.1) is 10.2 Å². The highest BCUT2D eigenvalue weighted by Gasteiger charge is 2.08. The number of carbonyl (C=O) groups excluding carboxylic acids is 1. The molecule has 1 amide bonds. The van der Waals surface area contributed by atoms with E-state index >= 15 is 0 Å². The third kappa shape index (κ3) is 3.26. The van der Waals surface area contributed by atoms with Crippen molar-refractivity contribution >= 4 is 60.3 Å². The van der Waals surface area contributed by atoms with Gasteiger partial charge in [-0.2, -0.15) is 0 Å². The molecule has 112 valence electrons. The fourth-order valence-corrected chi connectivity index (χ4v) is 3.73. The standard InChI is InChI=1S/C15H12BrN3OS2/c1-21-10-7-5-9(6-8-10)14(20)18-19-15-17-13-11(16)3-2-4-12(13)22-15/h2-8H,1H3,(H,17,19)(H,18,20). The van der Waals surface area contributed by atoms with Crippen LogP contribution in [0.15, 0.2) is 51.8 Å². The molecule has 2 N–H and O–H groups in total. The van der Waals surface area contributed by atoms with E-state index in [2.05, 4.69) is 31.8 Å². The molecular formula is C15H12BrN3OS2. The predicted molar refractivity (Wildman–Crippen MR) is 96.6 cm³/mol. The minimum Gasteiger partial charge on any atom is -0.273 e. The first kappa shape index (κ1) is 15.3. The lowest BCUT2D eigenvalue weighted by molar-refractivity contribution is 0.0962. The van der Waals surface area contributed by atoms with E-state index in [0.717, 1.165) is 19.6 Å². The minimum absolute atomic E-state index is 0.189. The van der Waals surface area contributed by atoms with Crippen LogP contribution in [0.1, 0.15) is 10.4 Å². The number of nitrogens with zero attached hydrogens (tertiary/aromatic N) is 1.